The van der Waals surface area contributed by atoms with Gasteiger partial charge in [-0.25, -0.2) is 0 Å². The molecule has 1 fully saturated rings. The van der Waals surface area contributed by atoms with Crippen LogP contribution in [0.2, 0.25) is 0 Å². The van der Waals surface area contributed by atoms with Crippen molar-refractivity contribution in [3.63, 3.8) is 0 Å². The lowest BCUT2D eigenvalue weighted by Crippen LogP contribution is -2.27. The first kappa shape index (κ1) is 11.2. The molecule has 2 N–H and O–H groups in total. The third-order valence-electron chi connectivity index (χ3n) is 3.33. The maximum absolute atomic E-state index is 11.5. The number of rotatable bonds is 2. The Bertz CT molecular complexity index is 507. The van der Waals surface area contributed by atoms with E-state index in [4.69, 9.17) is 4.74 Å². The molecule has 1 saturated heterocycles. The lowest BCUT2D eigenvalue weighted by molar-refractivity contribution is 0.0878. The van der Waals surface area contributed by atoms with Gasteiger partial charge in [0.1, 0.15) is 0 Å². The van der Waals surface area contributed by atoms with Crippen LogP contribution in [0.25, 0.3) is 0 Å². The van der Waals surface area contributed by atoms with E-state index in [-0.39, 0.29) is 11.8 Å². The van der Waals surface area contributed by atoms with Crippen molar-refractivity contribution in [3.8, 4) is 0 Å². The predicted octanol–water partition coefficient (Wildman–Crippen LogP) is 1.16. The highest BCUT2D eigenvalue weighted by atomic mass is 16.5. The van der Waals surface area contributed by atoms with Gasteiger partial charge in [0.2, 0.25) is 0 Å². The minimum Gasteiger partial charge on any atom is -0.382 e. The van der Waals surface area contributed by atoms with E-state index in [1.54, 1.807) is 12.1 Å². The number of anilines is 1. The summed E-state index contributed by atoms with van der Waals surface area (Å²) in [7, 11) is 0. The molecule has 0 bridgehead atoms. The van der Waals surface area contributed by atoms with E-state index in [0.29, 0.717) is 17.2 Å². The maximum atomic E-state index is 11.5. The summed E-state index contributed by atoms with van der Waals surface area (Å²) in [5.41, 5.74) is 1.79. The number of carbonyl (C=O) groups is 2. The van der Waals surface area contributed by atoms with E-state index in [1.807, 2.05) is 6.07 Å². The van der Waals surface area contributed by atoms with Crippen LogP contribution in [0.3, 0.4) is 0 Å². The Morgan fingerprint density at radius 1 is 1.11 bits per heavy atom. The molecule has 2 amide bonds. The van der Waals surface area contributed by atoms with Gasteiger partial charge in [0.15, 0.2) is 0 Å². The minimum atomic E-state index is -0.314. The number of carbonyl (C=O) groups excluding carboxylic acids is 2. The summed E-state index contributed by atoms with van der Waals surface area (Å²) >= 11 is 0. The second-order valence-corrected chi connectivity index (χ2v) is 4.57. The van der Waals surface area contributed by atoms with Crippen molar-refractivity contribution >= 4 is 17.5 Å². The molecule has 5 heteroatoms. The monoisotopic (exact) mass is 246 g/mol. The number of hydrogen-bond donors (Lipinski definition) is 2. The second-order valence-electron chi connectivity index (χ2n) is 4.57. The van der Waals surface area contributed by atoms with Crippen molar-refractivity contribution in [2.45, 2.75) is 18.9 Å². The topological polar surface area (TPSA) is 67.4 Å². The molecule has 2 aliphatic heterocycles. The number of benzene rings is 1. The fraction of sp³-hybridized carbons (Fsp3) is 0.385. The number of hydrogen-bond acceptors (Lipinski definition) is 4. The van der Waals surface area contributed by atoms with E-state index < -0.39 is 0 Å². The summed E-state index contributed by atoms with van der Waals surface area (Å²) < 4.78 is 5.29. The first-order valence-electron chi connectivity index (χ1n) is 6.08. The summed E-state index contributed by atoms with van der Waals surface area (Å²) in [6, 6.07) is 5.64. The Hall–Kier alpha value is -1.88. The van der Waals surface area contributed by atoms with Crippen molar-refractivity contribution in [3.05, 3.63) is 29.3 Å². The Labute approximate surface area is 105 Å². The van der Waals surface area contributed by atoms with Crippen molar-refractivity contribution < 1.29 is 14.3 Å². The molecule has 5 nitrogen and oxygen atoms in total. The first-order chi connectivity index (χ1) is 8.74. The van der Waals surface area contributed by atoms with Gasteiger partial charge in [-0.2, -0.15) is 0 Å². The van der Waals surface area contributed by atoms with Gasteiger partial charge in [-0.1, -0.05) is 0 Å². The van der Waals surface area contributed by atoms with Crippen LogP contribution in [0.4, 0.5) is 5.69 Å². The largest absolute Gasteiger partial charge is 0.382 e. The summed E-state index contributed by atoms with van der Waals surface area (Å²) in [4.78, 5) is 22.9. The fourth-order valence-corrected chi connectivity index (χ4v) is 2.34. The molecular weight excluding hydrogens is 232 g/mol. The Morgan fingerprint density at radius 2 is 1.83 bits per heavy atom. The number of ether oxygens (including phenoxy) is 1. The molecule has 3 rings (SSSR count). The summed E-state index contributed by atoms with van der Waals surface area (Å²) in [6.45, 7) is 1.53. The molecule has 0 saturated carbocycles. The van der Waals surface area contributed by atoms with Crippen LogP contribution >= 0.6 is 0 Å². The predicted molar refractivity (Wildman–Crippen MR) is 65.7 cm³/mol. The third-order valence-corrected chi connectivity index (χ3v) is 3.33. The molecule has 1 aromatic rings. The molecule has 0 spiro atoms. The second kappa shape index (κ2) is 4.42. The molecule has 0 unspecified atom stereocenters. The van der Waals surface area contributed by atoms with Gasteiger partial charge in [0.25, 0.3) is 11.8 Å². The molecule has 0 aromatic heterocycles. The first-order valence-corrected chi connectivity index (χ1v) is 6.08. The summed E-state index contributed by atoms with van der Waals surface area (Å²) in [5, 5.41) is 5.66. The molecule has 0 radical (unpaired) electrons. The summed E-state index contributed by atoms with van der Waals surface area (Å²) in [5.74, 6) is -0.627. The van der Waals surface area contributed by atoms with Crippen LogP contribution in [0.15, 0.2) is 18.2 Å². The van der Waals surface area contributed by atoms with Gasteiger partial charge >= 0.3 is 0 Å². The highest BCUT2D eigenvalue weighted by Gasteiger charge is 2.26. The third kappa shape index (κ3) is 1.97. The molecule has 0 atom stereocenters. The Kier molecular flexibility index (Phi) is 2.76. The van der Waals surface area contributed by atoms with Crippen LogP contribution in [-0.4, -0.2) is 31.1 Å². The van der Waals surface area contributed by atoms with E-state index in [2.05, 4.69) is 10.6 Å². The van der Waals surface area contributed by atoms with Crippen LogP contribution in [-0.2, 0) is 4.74 Å². The van der Waals surface area contributed by atoms with Gasteiger partial charge in [0.05, 0.1) is 11.1 Å². The van der Waals surface area contributed by atoms with E-state index in [1.165, 1.54) is 0 Å². The van der Waals surface area contributed by atoms with Gasteiger partial charge in [-0.05, 0) is 31.0 Å². The normalized spacial score (nSPS) is 19.6. The highest BCUT2D eigenvalue weighted by Crippen LogP contribution is 2.22. The zero-order valence-corrected chi connectivity index (χ0v) is 9.86. The average Bonchev–Trinajstić information content (AvgIpc) is 2.66. The molecule has 2 aliphatic rings. The van der Waals surface area contributed by atoms with Gasteiger partial charge < -0.3 is 10.1 Å². The Balaban J connectivity index is 1.80. The van der Waals surface area contributed by atoms with Crippen molar-refractivity contribution in [2.75, 3.05) is 18.5 Å². The number of amides is 2. The fourth-order valence-electron chi connectivity index (χ4n) is 2.34. The number of imide groups is 1. The number of fused-ring (bicyclic) bond motifs is 1. The minimum absolute atomic E-state index is 0.312. The van der Waals surface area contributed by atoms with Crippen LogP contribution in [0.5, 0.6) is 0 Å². The van der Waals surface area contributed by atoms with Crippen LogP contribution in [0.1, 0.15) is 33.6 Å². The number of nitrogens with one attached hydrogen (secondary N) is 2. The molecule has 0 aliphatic carbocycles. The van der Waals surface area contributed by atoms with E-state index in [9.17, 15) is 9.59 Å². The molecule has 94 valence electrons. The molecular formula is C13H14N2O3. The van der Waals surface area contributed by atoms with Gasteiger partial charge in [-0.3, -0.25) is 14.9 Å². The maximum Gasteiger partial charge on any atom is 0.259 e. The lowest BCUT2D eigenvalue weighted by Gasteiger charge is -2.24. The lowest BCUT2D eigenvalue weighted by atomic mass is 10.1. The van der Waals surface area contributed by atoms with E-state index >= 15 is 0 Å². The SMILES string of the molecule is O=C1NC(=O)c2cc(NC3CCOCC3)ccc21. The smallest absolute Gasteiger partial charge is 0.259 e. The highest BCUT2D eigenvalue weighted by molar-refractivity contribution is 6.21. The average molecular weight is 246 g/mol. The van der Waals surface area contributed by atoms with Crippen molar-refractivity contribution in [2.24, 2.45) is 0 Å². The van der Waals surface area contributed by atoms with Crippen molar-refractivity contribution in [1.29, 1.82) is 0 Å². The molecule has 18 heavy (non-hydrogen) atoms. The zero-order valence-electron chi connectivity index (χ0n) is 9.86. The quantitative estimate of drug-likeness (QED) is 0.768. The van der Waals surface area contributed by atoms with Crippen molar-refractivity contribution in [1.82, 2.24) is 5.32 Å². The van der Waals surface area contributed by atoms with E-state index in [0.717, 1.165) is 31.7 Å². The molecule has 1 aromatic carbocycles. The van der Waals surface area contributed by atoms with Gasteiger partial charge in [-0.15, -0.1) is 0 Å². The van der Waals surface area contributed by atoms with Crippen LogP contribution in [0, 0.1) is 0 Å². The zero-order chi connectivity index (χ0) is 12.5. The molecule has 2 heterocycles. The Morgan fingerprint density at radius 3 is 2.61 bits per heavy atom. The summed E-state index contributed by atoms with van der Waals surface area (Å²) in [6.07, 6.45) is 1.92. The van der Waals surface area contributed by atoms with Crippen LogP contribution < -0.4 is 10.6 Å². The standard InChI is InChI=1S/C13H14N2O3/c16-12-10-2-1-9(7-11(10)13(17)15-12)14-8-3-5-18-6-4-8/h1-2,7-8,14H,3-6H2,(H,15,16,17). The van der Waals surface area contributed by atoms with Gasteiger partial charge in [0, 0.05) is 24.9 Å².